The van der Waals surface area contributed by atoms with Crippen molar-refractivity contribution in [3.05, 3.63) is 35.4 Å². The lowest BCUT2D eigenvalue weighted by molar-refractivity contribution is -0.107. The van der Waals surface area contributed by atoms with Crippen molar-refractivity contribution in [1.82, 2.24) is 0 Å². The molecular weight excluding hydrogens is 208 g/mol. The first-order valence-corrected chi connectivity index (χ1v) is 5.56. The minimum Gasteiger partial charge on any atom is -0.302 e. The Morgan fingerprint density at radius 1 is 1.27 bits per heavy atom. The van der Waals surface area contributed by atoms with Gasteiger partial charge in [0, 0.05) is 0 Å². The fourth-order valence-corrected chi connectivity index (χ4v) is 1.59. The molecule has 1 rings (SSSR count). The molecule has 82 valence electrons. The first kappa shape index (κ1) is 12.3. The summed E-state index contributed by atoms with van der Waals surface area (Å²) in [5, 5.41) is -0.412. The normalized spacial score (nSPS) is 13.6. The molecule has 0 aliphatic carbocycles. The monoisotopic (exact) mass is 224 g/mol. The highest BCUT2D eigenvalue weighted by Crippen LogP contribution is 2.22. The summed E-state index contributed by atoms with van der Waals surface area (Å²) < 4.78 is 0. The van der Waals surface area contributed by atoms with Gasteiger partial charge < -0.3 is 4.79 Å². The standard InChI is InChI=1S/C13H17ClO/c1-13(2,3)11-6-4-10(5-7-11)8-12(14)9-15/h4-7,9,12H,8H2,1-3H3. The van der Waals surface area contributed by atoms with Gasteiger partial charge in [-0.05, 0) is 23.0 Å². The van der Waals surface area contributed by atoms with Crippen LogP contribution in [0.4, 0.5) is 0 Å². The molecule has 0 fully saturated rings. The van der Waals surface area contributed by atoms with E-state index >= 15 is 0 Å². The van der Waals surface area contributed by atoms with Crippen molar-refractivity contribution in [2.75, 3.05) is 0 Å². The summed E-state index contributed by atoms with van der Waals surface area (Å²) >= 11 is 5.76. The van der Waals surface area contributed by atoms with Crippen molar-refractivity contribution >= 4 is 17.9 Å². The molecule has 0 aromatic heterocycles. The van der Waals surface area contributed by atoms with E-state index in [0.717, 1.165) is 11.8 Å². The first-order chi connectivity index (χ1) is 6.93. The van der Waals surface area contributed by atoms with E-state index < -0.39 is 5.38 Å². The Balaban J connectivity index is 2.77. The van der Waals surface area contributed by atoms with Crippen molar-refractivity contribution < 1.29 is 4.79 Å². The molecule has 0 spiro atoms. The molecule has 1 aromatic rings. The molecule has 2 heteroatoms. The Hall–Kier alpha value is -0.820. The lowest BCUT2D eigenvalue weighted by Crippen LogP contribution is -2.11. The van der Waals surface area contributed by atoms with E-state index in [-0.39, 0.29) is 5.41 Å². The van der Waals surface area contributed by atoms with Crippen LogP contribution in [0.25, 0.3) is 0 Å². The van der Waals surface area contributed by atoms with Crippen LogP contribution in [-0.4, -0.2) is 11.7 Å². The summed E-state index contributed by atoms with van der Waals surface area (Å²) in [5.74, 6) is 0. The zero-order valence-electron chi connectivity index (χ0n) is 9.46. The molecule has 1 aromatic carbocycles. The number of carbonyl (C=O) groups excluding carboxylic acids is 1. The number of alkyl halides is 1. The van der Waals surface area contributed by atoms with Crippen molar-refractivity contribution in [3.8, 4) is 0 Å². The van der Waals surface area contributed by atoms with Crippen molar-refractivity contribution in [2.45, 2.75) is 38.0 Å². The van der Waals surface area contributed by atoms with Crippen LogP contribution in [0.2, 0.25) is 0 Å². The third kappa shape index (κ3) is 3.67. The van der Waals surface area contributed by atoms with Crippen LogP contribution in [0.15, 0.2) is 24.3 Å². The molecule has 0 aliphatic heterocycles. The summed E-state index contributed by atoms with van der Waals surface area (Å²) in [6.07, 6.45) is 1.38. The second kappa shape index (κ2) is 4.80. The Kier molecular flexibility index (Phi) is 3.92. The van der Waals surface area contributed by atoms with Crippen LogP contribution in [0.1, 0.15) is 31.9 Å². The van der Waals surface area contributed by atoms with Gasteiger partial charge in [-0.15, -0.1) is 11.6 Å². The van der Waals surface area contributed by atoms with Gasteiger partial charge in [-0.3, -0.25) is 0 Å². The van der Waals surface area contributed by atoms with Crippen LogP contribution in [0.5, 0.6) is 0 Å². The van der Waals surface area contributed by atoms with E-state index in [1.54, 1.807) is 0 Å². The van der Waals surface area contributed by atoms with Crippen LogP contribution >= 0.6 is 11.6 Å². The molecular formula is C13H17ClO. The summed E-state index contributed by atoms with van der Waals surface area (Å²) in [7, 11) is 0. The number of rotatable bonds is 3. The lowest BCUT2D eigenvalue weighted by atomic mass is 9.86. The smallest absolute Gasteiger partial charge is 0.138 e. The van der Waals surface area contributed by atoms with E-state index in [1.165, 1.54) is 5.56 Å². The predicted octanol–water partition coefficient (Wildman–Crippen LogP) is 3.33. The van der Waals surface area contributed by atoms with Crippen LogP contribution in [-0.2, 0) is 16.6 Å². The van der Waals surface area contributed by atoms with Gasteiger partial charge >= 0.3 is 0 Å². The van der Waals surface area contributed by atoms with Crippen molar-refractivity contribution in [1.29, 1.82) is 0 Å². The molecule has 0 N–H and O–H groups in total. The first-order valence-electron chi connectivity index (χ1n) is 5.12. The Labute approximate surface area is 96.5 Å². The largest absolute Gasteiger partial charge is 0.302 e. The van der Waals surface area contributed by atoms with E-state index in [1.807, 2.05) is 12.1 Å². The van der Waals surface area contributed by atoms with Gasteiger partial charge in [-0.25, -0.2) is 0 Å². The number of hydrogen-bond acceptors (Lipinski definition) is 1. The average molecular weight is 225 g/mol. The molecule has 1 atom stereocenters. The molecule has 1 unspecified atom stereocenters. The Morgan fingerprint density at radius 3 is 2.20 bits per heavy atom. The minimum absolute atomic E-state index is 0.170. The van der Waals surface area contributed by atoms with Gasteiger partial charge in [0.2, 0.25) is 0 Å². The zero-order chi connectivity index (χ0) is 11.5. The minimum atomic E-state index is -0.412. The predicted molar refractivity (Wildman–Crippen MR) is 64.6 cm³/mol. The number of hydrogen-bond donors (Lipinski definition) is 0. The summed E-state index contributed by atoms with van der Waals surface area (Å²) in [6, 6.07) is 8.28. The molecule has 0 saturated carbocycles. The van der Waals surface area contributed by atoms with E-state index in [2.05, 4.69) is 32.9 Å². The maximum absolute atomic E-state index is 10.4. The molecule has 0 aliphatic rings. The quantitative estimate of drug-likeness (QED) is 0.569. The number of carbonyl (C=O) groups is 1. The van der Waals surface area contributed by atoms with E-state index in [9.17, 15) is 4.79 Å². The lowest BCUT2D eigenvalue weighted by Gasteiger charge is -2.19. The fraction of sp³-hybridized carbons (Fsp3) is 0.462. The maximum Gasteiger partial charge on any atom is 0.138 e. The maximum atomic E-state index is 10.4. The van der Waals surface area contributed by atoms with Crippen LogP contribution < -0.4 is 0 Å². The fourth-order valence-electron chi connectivity index (χ4n) is 1.41. The van der Waals surface area contributed by atoms with Gasteiger partial charge in [0.05, 0.1) is 5.38 Å². The second-order valence-corrected chi connectivity index (χ2v) is 5.36. The van der Waals surface area contributed by atoms with Crippen molar-refractivity contribution in [3.63, 3.8) is 0 Å². The van der Waals surface area contributed by atoms with Gasteiger partial charge in [0.1, 0.15) is 6.29 Å². The highest BCUT2D eigenvalue weighted by atomic mass is 35.5. The molecule has 15 heavy (non-hydrogen) atoms. The van der Waals surface area contributed by atoms with Gasteiger partial charge in [-0.1, -0.05) is 45.0 Å². The molecule has 1 nitrogen and oxygen atoms in total. The Morgan fingerprint density at radius 2 is 1.80 bits per heavy atom. The molecule has 0 amide bonds. The van der Waals surface area contributed by atoms with Crippen molar-refractivity contribution in [2.24, 2.45) is 0 Å². The summed E-state index contributed by atoms with van der Waals surface area (Å²) in [5.41, 5.74) is 2.57. The summed E-state index contributed by atoms with van der Waals surface area (Å²) in [6.45, 7) is 6.54. The molecule has 0 heterocycles. The third-order valence-corrected chi connectivity index (χ3v) is 2.66. The van der Waals surface area contributed by atoms with Crippen LogP contribution in [0, 0.1) is 0 Å². The topological polar surface area (TPSA) is 17.1 Å². The van der Waals surface area contributed by atoms with E-state index in [4.69, 9.17) is 11.6 Å². The second-order valence-electron chi connectivity index (χ2n) is 4.80. The number of aldehydes is 1. The highest BCUT2D eigenvalue weighted by molar-refractivity contribution is 6.27. The van der Waals surface area contributed by atoms with Gasteiger partial charge in [-0.2, -0.15) is 0 Å². The SMILES string of the molecule is CC(C)(C)c1ccc(CC(Cl)C=O)cc1. The Bertz CT molecular complexity index is 321. The van der Waals surface area contributed by atoms with E-state index in [0.29, 0.717) is 6.42 Å². The van der Waals surface area contributed by atoms with Gasteiger partial charge in [0.15, 0.2) is 0 Å². The molecule has 0 saturated heterocycles. The third-order valence-electron chi connectivity index (χ3n) is 2.40. The number of halogens is 1. The molecule has 0 radical (unpaired) electrons. The van der Waals surface area contributed by atoms with Crippen LogP contribution in [0.3, 0.4) is 0 Å². The highest BCUT2D eigenvalue weighted by Gasteiger charge is 2.13. The number of benzene rings is 1. The zero-order valence-corrected chi connectivity index (χ0v) is 10.2. The average Bonchev–Trinajstić information content (AvgIpc) is 2.17. The summed E-state index contributed by atoms with van der Waals surface area (Å²) in [4.78, 5) is 10.4. The van der Waals surface area contributed by atoms with Gasteiger partial charge in [0.25, 0.3) is 0 Å². The molecule has 0 bridgehead atoms.